The Hall–Kier alpha value is -1.29. The molecule has 1 aromatic carbocycles. The van der Waals surface area contributed by atoms with Crippen molar-refractivity contribution in [2.24, 2.45) is 5.92 Å². The van der Waals surface area contributed by atoms with E-state index in [4.69, 9.17) is 0 Å². The van der Waals surface area contributed by atoms with Gasteiger partial charge in [-0.2, -0.15) is 0 Å². The van der Waals surface area contributed by atoms with Crippen LogP contribution in [-0.2, 0) is 12.8 Å². The molecule has 1 saturated carbocycles. The van der Waals surface area contributed by atoms with Gasteiger partial charge >= 0.3 is 0 Å². The molecule has 0 bridgehead atoms. The van der Waals surface area contributed by atoms with Crippen molar-refractivity contribution in [1.29, 1.82) is 0 Å². The maximum atomic E-state index is 4.60. The number of nitrogens with zero attached hydrogens (tertiary/aromatic N) is 2. The highest BCUT2D eigenvalue weighted by atomic mass is 32.2. The van der Waals surface area contributed by atoms with Crippen LogP contribution < -0.4 is 0 Å². The lowest BCUT2D eigenvalue weighted by Crippen LogP contribution is -2.00. The van der Waals surface area contributed by atoms with Crippen molar-refractivity contribution in [3.05, 3.63) is 41.7 Å². The Labute approximate surface area is 124 Å². The lowest BCUT2D eigenvalue weighted by molar-refractivity contribution is 0.531. The van der Waals surface area contributed by atoms with E-state index in [1.807, 2.05) is 0 Å². The average Bonchev–Trinajstić information content (AvgIpc) is 3.13. The van der Waals surface area contributed by atoms with Crippen molar-refractivity contribution < 1.29 is 0 Å². The van der Waals surface area contributed by atoms with Crippen molar-refractivity contribution in [2.75, 3.05) is 5.75 Å². The van der Waals surface area contributed by atoms with Crippen LogP contribution in [0.15, 0.2) is 35.5 Å². The number of thioether (sulfide) groups is 1. The molecule has 2 aromatic rings. The lowest BCUT2D eigenvalue weighted by Gasteiger charge is -2.04. The van der Waals surface area contributed by atoms with E-state index in [1.54, 1.807) is 11.8 Å². The molecule has 0 unspecified atom stereocenters. The third-order valence-electron chi connectivity index (χ3n) is 3.93. The molecule has 1 heterocycles. The Bertz CT molecular complexity index is 518. The molecule has 0 spiro atoms. The number of aryl methyl sites for hydroxylation is 1. The number of nitrogens with one attached hydrogen (secondary N) is 1. The maximum Gasteiger partial charge on any atom is 0.208 e. The second kappa shape index (κ2) is 6.93. The molecule has 4 heteroatoms. The van der Waals surface area contributed by atoms with Gasteiger partial charge in [-0.05, 0) is 17.9 Å². The minimum Gasteiger partial charge on any atom is -0.262 e. The Balaban J connectivity index is 1.45. The molecule has 0 aliphatic heterocycles. The molecule has 0 atom stereocenters. The summed E-state index contributed by atoms with van der Waals surface area (Å²) in [6, 6.07) is 10.6. The number of H-pyrrole nitrogens is 1. The largest absolute Gasteiger partial charge is 0.262 e. The Morgan fingerprint density at radius 1 is 1.15 bits per heavy atom. The number of benzene rings is 1. The highest BCUT2D eigenvalue weighted by Gasteiger charge is 2.17. The van der Waals surface area contributed by atoms with E-state index in [0.717, 1.165) is 35.5 Å². The van der Waals surface area contributed by atoms with Crippen LogP contribution in [-0.4, -0.2) is 20.9 Å². The lowest BCUT2D eigenvalue weighted by atomic mass is 10.0. The molecular formula is C16H21N3S. The van der Waals surface area contributed by atoms with Crippen molar-refractivity contribution in [3.63, 3.8) is 0 Å². The van der Waals surface area contributed by atoms with Gasteiger partial charge in [0, 0.05) is 12.2 Å². The zero-order valence-electron chi connectivity index (χ0n) is 11.7. The highest BCUT2D eigenvalue weighted by molar-refractivity contribution is 7.99. The molecule has 1 N–H and O–H groups in total. The minimum atomic E-state index is 0.824. The van der Waals surface area contributed by atoms with Gasteiger partial charge in [-0.1, -0.05) is 67.8 Å². The third-order valence-corrected chi connectivity index (χ3v) is 4.78. The smallest absolute Gasteiger partial charge is 0.208 e. The predicted octanol–water partition coefficient (Wildman–Crippen LogP) is 3.87. The molecule has 20 heavy (non-hydrogen) atoms. The van der Waals surface area contributed by atoms with Crippen LogP contribution in [0.25, 0.3) is 0 Å². The zero-order valence-corrected chi connectivity index (χ0v) is 12.5. The van der Waals surface area contributed by atoms with Gasteiger partial charge in [0.2, 0.25) is 5.16 Å². The number of hydrogen-bond acceptors (Lipinski definition) is 3. The maximum absolute atomic E-state index is 4.60. The summed E-state index contributed by atoms with van der Waals surface area (Å²) in [4.78, 5) is 4.60. The molecule has 0 radical (unpaired) electrons. The summed E-state index contributed by atoms with van der Waals surface area (Å²) in [5.74, 6) is 2.93. The summed E-state index contributed by atoms with van der Waals surface area (Å²) in [6.07, 6.45) is 7.63. The number of aromatic amines is 1. The fourth-order valence-electron chi connectivity index (χ4n) is 2.83. The fraction of sp³-hybridized carbons (Fsp3) is 0.500. The summed E-state index contributed by atoms with van der Waals surface area (Å²) < 4.78 is 0. The van der Waals surface area contributed by atoms with Gasteiger partial charge in [0.1, 0.15) is 5.82 Å². The molecule has 3 rings (SSSR count). The summed E-state index contributed by atoms with van der Waals surface area (Å²) in [7, 11) is 0. The zero-order chi connectivity index (χ0) is 13.6. The van der Waals surface area contributed by atoms with Gasteiger partial charge in [0.15, 0.2) is 0 Å². The van der Waals surface area contributed by atoms with Crippen LogP contribution in [0, 0.1) is 5.92 Å². The Kier molecular flexibility index (Phi) is 4.74. The second-order valence-electron chi connectivity index (χ2n) is 5.50. The first kappa shape index (κ1) is 13.7. The van der Waals surface area contributed by atoms with Gasteiger partial charge in [-0.3, -0.25) is 5.10 Å². The van der Waals surface area contributed by atoms with Crippen LogP contribution in [0.5, 0.6) is 0 Å². The van der Waals surface area contributed by atoms with Crippen molar-refractivity contribution in [3.8, 4) is 0 Å². The molecule has 3 nitrogen and oxygen atoms in total. The van der Waals surface area contributed by atoms with Gasteiger partial charge < -0.3 is 0 Å². The normalized spacial score (nSPS) is 15.8. The molecule has 0 saturated heterocycles. The minimum absolute atomic E-state index is 0.824. The summed E-state index contributed by atoms with van der Waals surface area (Å²) in [5, 5.41) is 8.31. The van der Waals surface area contributed by atoms with Crippen LogP contribution in [0.2, 0.25) is 0 Å². The average molecular weight is 287 g/mol. The van der Waals surface area contributed by atoms with Crippen LogP contribution in [0.4, 0.5) is 0 Å². The molecule has 0 amide bonds. The SMILES string of the molecule is c1ccc(CCSc2n[nH]c(CC3CCCC3)n2)cc1. The van der Waals surface area contributed by atoms with Gasteiger partial charge in [-0.15, -0.1) is 5.10 Å². The molecule has 1 aliphatic rings. The van der Waals surface area contributed by atoms with Crippen molar-refractivity contribution in [1.82, 2.24) is 15.2 Å². The topological polar surface area (TPSA) is 41.6 Å². The molecule has 1 fully saturated rings. The standard InChI is InChI=1S/C16H21N3S/c1-2-6-13(7-3-1)10-11-20-16-17-15(18-19-16)12-14-8-4-5-9-14/h1-3,6-7,14H,4-5,8-12H2,(H,17,18,19). The van der Waals surface area contributed by atoms with E-state index in [-0.39, 0.29) is 0 Å². The molecule has 106 valence electrons. The quantitative estimate of drug-likeness (QED) is 0.820. The molecule has 1 aromatic heterocycles. The first-order valence-corrected chi connectivity index (χ1v) is 8.47. The highest BCUT2D eigenvalue weighted by Crippen LogP contribution is 2.27. The first-order chi connectivity index (χ1) is 9.90. The second-order valence-corrected chi connectivity index (χ2v) is 6.57. The number of rotatable bonds is 6. The van der Waals surface area contributed by atoms with Gasteiger partial charge in [0.25, 0.3) is 0 Å². The molecular weight excluding hydrogens is 266 g/mol. The van der Waals surface area contributed by atoms with Crippen molar-refractivity contribution >= 4 is 11.8 Å². The fourth-order valence-corrected chi connectivity index (χ4v) is 3.63. The van der Waals surface area contributed by atoms with E-state index in [2.05, 4.69) is 45.5 Å². The Morgan fingerprint density at radius 2 is 1.95 bits per heavy atom. The third kappa shape index (κ3) is 3.85. The first-order valence-electron chi connectivity index (χ1n) is 7.48. The summed E-state index contributed by atoms with van der Waals surface area (Å²) >= 11 is 1.74. The number of hydrogen-bond donors (Lipinski definition) is 1. The van der Waals surface area contributed by atoms with E-state index in [0.29, 0.717) is 0 Å². The van der Waals surface area contributed by atoms with E-state index in [1.165, 1.54) is 31.2 Å². The monoisotopic (exact) mass is 287 g/mol. The van der Waals surface area contributed by atoms with Crippen LogP contribution >= 0.6 is 11.8 Å². The molecule has 1 aliphatic carbocycles. The van der Waals surface area contributed by atoms with E-state index < -0.39 is 0 Å². The van der Waals surface area contributed by atoms with Crippen molar-refractivity contribution in [2.45, 2.75) is 43.7 Å². The van der Waals surface area contributed by atoms with Crippen LogP contribution in [0.3, 0.4) is 0 Å². The van der Waals surface area contributed by atoms with Gasteiger partial charge in [0.05, 0.1) is 0 Å². The van der Waals surface area contributed by atoms with Crippen LogP contribution in [0.1, 0.15) is 37.1 Å². The van der Waals surface area contributed by atoms with Gasteiger partial charge in [-0.25, -0.2) is 4.98 Å². The Morgan fingerprint density at radius 3 is 2.75 bits per heavy atom. The summed E-state index contributed by atoms with van der Waals surface area (Å²) in [6.45, 7) is 0. The predicted molar refractivity (Wildman–Crippen MR) is 82.9 cm³/mol. The summed E-state index contributed by atoms with van der Waals surface area (Å²) in [5.41, 5.74) is 1.38. The van der Waals surface area contributed by atoms with E-state index >= 15 is 0 Å². The number of aromatic nitrogens is 3. The van der Waals surface area contributed by atoms with E-state index in [9.17, 15) is 0 Å².